The summed E-state index contributed by atoms with van der Waals surface area (Å²) in [6, 6.07) is 19.9. The molecule has 0 aromatic heterocycles. The number of piperazine rings is 1. The number of carbonyl (C=O) groups excluding carboxylic acids is 2. The van der Waals surface area contributed by atoms with E-state index in [1.54, 1.807) is 6.07 Å². The van der Waals surface area contributed by atoms with Gasteiger partial charge in [0.25, 0.3) is 17.5 Å². The summed E-state index contributed by atoms with van der Waals surface area (Å²) in [6.45, 7) is 6.47. The fourth-order valence-electron chi connectivity index (χ4n) is 5.24. The number of nitrogens with zero attached hydrogens (tertiary/aromatic N) is 4. The summed E-state index contributed by atoms with van der Waals surface area (Å²) >= 11 is 0. The zero-order valence-electron chi connectivity index (χ0n) is 22.1. The van der Waals surface area contributed by atoms with Gasteiger partial charge in [-0.3, -0.25) is 19.7 Å². The molecule has 202 valence electrons. The van der Waals surface area contributed by atoms with Crippen LogP contribution in [0.5, 0.6) is 0 Å². The highest BCUT2D eigenvalue weighted by Crippen LogP contribution is 2.29. The molecule has 3 aromatic rings. The summed E-state index contributed by atoms with van der Waals surface area (Å²) in [6.07, 6.45) is 3.02. The maximum Gasteiger partial charge on any atom is 0.270 e. The second kappa shape index (κ2) is 11.6. The second-order valence-corrected chi connectivity index (χ2v) is 9.98. The van der Waals surface area contributed by atoms with Crippen LogP contribution in [0.15, 0.2) is 66.7 Å². The molecule has 0 bridgehead atoms. The van der Waals surface area contributed by atoms with Gasteiger partial charge in [0.15, 0.2) is 0 Å². The molecule has 0 radical (unpaired) electrons. The number of nitrogens with one attached hydrogen (secondary N) is 1. The van der Waals surface area contributed by atoms with Gasteiger partial charge in [-0.05, 0) is 67.3 Å². The largest absolute Gasteiger partial charge is 0.371 e. The van der Waals surface area contributed by atoms with Gasteiger partial charge in [0.05, 0.1) is 16.2 Å². The molecule has 0 spiro atoms. The van der Waals surface area contributed by atoms with E-state index in [9.17, 15) is 19.7 Å². The van der Waals surface area contributed by atoms with Crippen LogP contribution in [-0.2, 0) is 6.42 Å². The molecule has 2 saturated heterocycles. The molecule has 2 heterocycles. The lowest BCUT2D eigenvalue weighted by atomic mass is 10.1. The molecule has 0 saturated carbocycles. The molecular weight excluding hydrogens is 494 g/mol. The van der Waals surface area contributed by atoms with Crippen molar-refractivity contribution in [3.05, 3.63) is 93.5 Å². The molecule has 2 amide bonds. The second-order valence-electron chi connectivity index (χ2n) is 9.98. The van der Waals surface area contributed by atoms with Crippen LogP contribution in [0.25, 0.3) is 0 Å². The minimum Gasteiger partial charge on any atom is -0.371 e. The van der Waals surface area contributed by atoms with E-state index in [4.69, 9.17) is 0 Å². The van der Waals surface area contributed by atoms with E-state index >= 15 is 0 Å². The first-order valence-corrected chi connectivity index (χ1v) is 13.5. The van der Waals surface area contributed by atoms with E-state index < -0.39 is 4.92 Å². The van der Waals surface area contributed by atoms with Gasteiger partial charge in [-0.2, -0.15) is 0 Å². The highest BCUT2D eigenvalue weighted by molar-refractivity contribution is 6.08. The molecule has 9 nitrogen and oxygen atoms in total. The Balaban J connectivity index is 1.21. The molecule has 2 aliphatic heterocycles. The SMILES string of the molecule is CCc1ccc(C(=O)N2CCN(c3ccc(NC(=O)c4cc([N+](=O)[O-])ccc4N4CCCC4)cc3)CC2)cc1. The first-order chi connectivity index (χ1) is 18.9. The van der Waals surface area contributed by atoms with Gasteiger partial charge in [0.1, 0.15) is 0 Å². The first kappa shape index (κ1) is 26.2. The Morgan fingerprint density at radius 3 is 2.13 bits per heavy atom. The Morgan fingerprint density at radius 1 is 0.846 bits per heavy atom. The Kier molecular flexibility index (Phi) is 7.76. The lowest BCUT2D eigenvalue weighted by molar-refractivity contribution is -0.384. The van der Waals surface area contributed by atoms with Gasteiger partial charge >= 0.3 is 0 Å². The Labute approximate surface area is 228 Å². The van der Waals surface area contributed by atoms with Crippen LogP contribution in [-0.4, -0.2) is 60.9 Å². The van der Waals surface area contributed by atoms with Gasteiger partial charge in [-0.15, -0.1) is 0 Å². The van der Waals surface area contributed by atoms with E-state index in [2.05, 4.69) is 22.0 Å². The number of amides is 2. The van der Waals surface area contributed by atoms with Crippen molar-refractivity contribution in [2.75, 3.05) is 54.4 Å². The van der Waals surface area contributed by atoms with Gasteiger partial charge in [-0.25, -0.2) is 0 Å². The number of nitro groups is 1. The minimum atomic E-state index is -0.477. The van der Waals surface area contributed by atoms with Crippen molar-refractivity contribution in [2.24, 2.45) is 0 Å². The molecular formula is C30H33N5O4. The van der Waals surface area contributed by atoms with E-state index in [1.807, 2.05) is 53.4 Å². The lowest BCUT2D eigenvalue weighted by Gasteiger charge is -2.36. The van der Waals surface area contributed by atoms with Crippen LogP contribution in [0.1, 0.15) is 46.0 Å². The van der Waals surface area contributed by atoms with Gasteiger partial charge in [0, 0.05) is 68.3 Å². The van der Waals surface area contributed by atoms with Crippen LogP contribution in [0.4, 0.5) is 22.7 Å². The molecule has 0 unspecified atom stereocenters. The van der Waals surface area contributed by atoms with Crippen LogP contribution < -0.4 is 15.1 Å². The zero-order chi connectivity index (χ0) is 27.4. The van der Waals surface area contributed by atoms with Crippen molar-refractivity contribution in [1.29, 1.82) is 0 Å². The summed E-state index contributed by atoms with van der Waals surface area (Å²) in [4.78, 5) is 43.2. The highest BCUT2D eigenvalue weighted by atomic mass is 16.6. The zero-order valence-corrected chi connectivity index (χ0v) is 22.1. The number of aryl methyl sites for hydroxylation is 1. The third-order valence-corrected chi connectivity index (χ3v) is 7.55. The molecule has 1 N–H and O–H groups in total. The number of non-ortho nitro benzene ring substituents is 1. The molecule has 39 heavy (non-hydrogen) atoms. The molecule has 9 heteroatoms. The van der Waals surface area contributed by atoms with Crippen LogP contribution in [0, 0.1) is 10.1 Å². The third-order valence-electron chi connectivity index (χ3n) is 7.55. The number of hydrogen-bond donors (Lipinski definition) is 1. The summed E-state index contributed by atoms with van der Waals surface area (Å²) < 4.78 is 0. The van der Waals surface area contributed by atoms with E-state index in [1.165, 1.54) is 17.7 Å². The monoisotopic (exact) mass is 527 g/mol. The summed E-state index contributed by atoms with van der Waals surface area (Å²) in [5.74, 6) is -0.308. The number of benzene rings is 3. The minimum absolute atomic E-state index is 0.0600. The van der Waals surface area contributed by atoms with Crippen molar-refractivity contribution in [3.8, 4) is 0 Å². The predicted molar refractivity (Wildman–Crippen MR) is 153 cm³/mol. The topological polar surface area (TPSA) is 99.0 Å². The summed E-state index contributed by atoms with van der Waals surface area (Å²) in [5.41, 5.74) is 4.49. The molecule has 5 rings (SSSR count). The Bertz CT molecular complexity index is 1340. The van der Waals surface area contributed by atoms with E-state index in [-0.39, 0.29) is 17.5 Å². The highest BCUT2D eigenvalue weighted by Gasteiger charge is 2.24. The van der Waals surface area contributed by atoms with Crippen LogP contribution in [0.3, 0.4) is 0 Å². The molecule has 2 fully saturated rings. The Hall–Kier alpha value is -4.40. The smallest absolute Gasteiger partial charge is 0.270 e. The Morgan fingerprint density at radius 2 is 1.51 bits per heavy atom. The first-order valence-electron chi connectivity index (χ1n) is 13.5. The number of anilines is 3. The predicted octanol–water partition coefficient (Wildman–Crippen LogP) is 4.97. The van der Waals surface area contributed by atoms with E-state index in [0.29, 0.717) is 24.3 Å². The van der Waals surface area contributed by atoms with Gasteiger partial charge in [0.2, 0.25) is 0 Å². The lowest BCUT2D eigenvalue weighted by Crippen LogP contribution is -2.48. The van der Waals surface area contributed by atoms with Crippen LogP contribution in [0.2, 0.25) is 0 Å². The number of nitro benzene ring substituents is 1. The molecule has 0 aliphatic carbocycles. The number of rotatable bonds is 7. The molecule has 3 aromatic carbocycles. The van der Waals surface area contributed by atoms with Crippen molar-refractivity contribution in [2.45, 2.75) is 26.2 Å². The maximum atomic E-state index is 13.2. The number of carbonyl (C=O) groups is 2. The van der Waals surface area contributed by atoms with Crippen molar-refractivity contribution < 1.29 is 14.5 Å². The van der Waals surface area contributed by atoms with Gasteiger partial charge < -0.3 is 20.0 Å². The van der Waals surface area contributed by atoms with Crippen molar-refractivity contribution in [1.82, 2.24) is 4.90 Å². The fraction of sp³-hybridized carbons (Fsp3) is 0.333. The van der Waals surface area contributed by atoms with Crippen molar-refractivity contribution in [3.63, 3.8) is 0 Å². The quantitative estimate of drug-likeness (QED) is 0.344. The summed E-state index contributed by atoms with van der Waals surface area (Å²) in [7, 11) is 0. The van der Waals surface area contributed by atoms with Crippen LogP contribution >= 0.6 is 0 Å². The van der Waals surface area contributed by atoms with Gasteiger partial charge in [-0.1, -0.05) is 19.1 Å². The standard InChI is InChI=1S/C30H33N5O4/c1-2-22-5-7-23(8-6-22)30(37)34-19-17-32(18-20-34)25-11-9-24(10-12-25)31-29(36)27-21-26(35(38)39)13-14-28(27)33-15-3-4-16-33/h5-14,21H,2-4,15-20H2,1H3,(H,31,36). The average molecular weight is 528 g/mol. The summed E-state index contributed by atoms with van der Waals surface area (Å²) in [5, 5.41) is 14.2. The fourth-order valence-corrected chi connectivity index (χ4v) is 5.24. The molecule has 2 aliphatic rings. The van der Waals surface area contributed by atoms with E-state index in [0.717, 1.165) is 62.4 Å². The molecule has 0 atom stereocenters. The number of hydrogen-bond acceptors (Lipinski definition) is 6. The van der Waals surface area contributed by atoms with Crippen molar-refractivity contribution >= 4 is 34.6 Å². The average Bonchev–Trinajstić information content (AvgIpc) is 3.52. The third kappa shape index (κ3) is 5.87. The maximum absolute atomic E-state index is 13.2. The normalized spacial score (nSPS) is 15.4.